The molecule has 3 aromatic carbocycles. The van der Waals surface area contributed by atoms with E-state index < -0.39 is 5.92 Å². The first-order valence-corrected chi connectivity index (χ1v) is 12.7. The average Bonchev–Trinajstić information content (AvgIpc) is 2.87. The summed E-state index contributed by atoms with van der Waals surface area (Å²) in [5.41, 5.74) is 7.80. The topological polar surface area (TPSA) is 41.6 Å². The largest absolute Gasteiger partial charge is 0.492 e. The summed E-state index contributed by atoms with van der Waals surface area (Å²) in [6.07, 6.45) is 0. The van der Waals surface area contributed by atoms with Crippen LogP contribution >= 0.6 is 0 Å². The van der Waals surface area contributed by atoms with Gasteiger partial charge in [-0.3, -0.25) is 9.69 Å². The third-order valence-electron chi connectivity index (χ3n) is 6.85. The van der Waals surface area contributed by atoms with Crippen molar-refractivity contribution in [3.05, 3.63) is 131 Å². The Labute approximate surface area is 221 Å². The van der Waals surface area contributed by atoms with Crippen LogP contribution in [0.5, 0.6) is 5.75 Å². The SMILES string of the molecule is C=C(C)C1=C(C)N(c2cccc(C)c2)C(=O)C(C(=C)NCCOc2ccccc2)C1c1ccc(C)cc1. The van der Waals surface area contributed by atoms with E-state index in [4.69, 9.17) is 4.74 Å². The van der Waals surface area contributed by atoms with Crippen LogP contribution < -0.4 is 15.0 Å². The minimum atomic E-state index is -0.504. The number of carbonyl (C=O) groups is 1. The quantitative estimate of drug-likeness (QED) is 0.325. The van der Waals surface area contributed by atoms with Crippen molar-refractivity contribution in [3.63, 3.8) is 0 Å². The molecule has 2 atom stereocenters. The van der Waals surface area contributed by atoms with Crippen molar-refractivity contribution >= 4 is 11.6 Å². The van der Waals surface area contributed by atoms with Gasteiger partial charge in [-0.1, -0.05) is 78.9 Å². The normalized spacial score (nSPS) is 17.5. The molecule has 2 unspecified atom stereocenters. The fourth-order valence-corrected chi connectivity index (χ4v) is 5.11. The van der Waals surface area contributed by atoms with Gasteiger partial charge in [0.05, 0.1) is 5.92 Å². The first-order chi connectivity index (χ1) is 17.8. The van der Waals surface area contributed by atoms with Crippen LogP contribution in [0.4, 0.5) is 5.69 Å². The third kappa shape index (κ3) is 5.69. The molecule has 1 aliphatic rings. The van der Waals surface area contributed by atoms with Crippen molar-refractivity contribution < 1.29 is 9.53 Å². The number of nitrogens with zero attached hydrogens (tertiary/aromatic N) is 1. The number of aryl methyl sites for hydroxylation is 2. The lowest BCUT2D eigenvalue weighted by molar-refractivity contribution is -0.121. The molecule has 1 aliphatic heterocycles. The van der Waals surface area contributed by atoms with E-state index in [0.717, 1.165) is 39.4 Å². The number of anilines is 1. The Balaban J connectivity index is 1.71. The number of hydrogen-bond acceptors (Lipinski definition) is 3. The van der Waals surface area contributed by atoms with Crippen molar-refractivity contribution in [3.8, 4) is 5.75 Å². The lowest BCUT2D eigenvalue weighted by Gasteiger charge is -2.42. The highest BCUT2D eigenvalue weighted by atomic mass is 16.5. The fraction of sp³-hybridized carbons (Fsp3) is 0.242. The van der Waals surface area contributed by atoms with Gasteiger partial charge in [0, 0.05) is 29.5 Å². The second-order valence-corrected chi connectivity index (χ2v) is 9.77. The molecule has 1 amide bonds. The Morgan fingerprint density at radius 1 is 0.919 bits per heavy atom. The van der Waals surface area contributed by atoms with Gasteiger partial charge in [-0.15, -0.1) is 0 Å². The zero-order valence-electron chi connectivity index (χ0n) is 22.3. The zero-order chi connectivity index (χ0) is 26.5. The van der Waals surface area contributed by atoms with E-state index in [1.807, 2.05) is 80.3 Å². The van der Waals surface area contributed by atoms with Gasteiger partial charge in [-0.2, -0.15) is 0 Å². The van der Waals surface area contributed by atoms with E-state index in [9.17, 15) is 4.79 Å². The predicted molar refractivity (Wildman–Crippen MR) is 153 cm³/mol. The maximum atomic E-state index is 14.3. The van der Waals surface area contributed by atoms with E-state index in [1.54, 1.807) is 0 Å². The molecule has 0 radical (unpaired) electrons. The molecule has 4 nitrogen and oxygen atoms in total. The van der Waals surface area contributed by atoms with Crippen LogP contribution in [0.25, 0.3) is 0 Å². The number of ether oxygens (including phenoxy) is 1. The van der Waals surface area contributed by atoms with Gasteiger partial charge in [-0.25, -0.2) is 0 Å². The van der Waals surface area contributed by atoms with Crippen LogP contribution in [0.15, 0.2) is 115 Å². The van der Waals surface area contributed by atoms with Gasteiger partial charge in [0.1, 0.15) is 12.4 Å². The summed E-state index contributed by atoms with van der Waals surface area (Å²) >= 11 is 0. The van der Waals surface area contributed by atoms with Crippen molar-refractivity contribution in [2.24, 2.45) is 5.92 Å². The van der Waals surface area contributed by atoms with E-state index in [1.165, 1.54) is 5.56 Å². The number of allylic oxidation sites excluding steroid dienone is 3. The molecule has 0 aromatic heterocycles. The van der Waals surface area contributed by atoms with E-state index in [-0.39, 0.29) is 11.8 Å². The van der Waals surface area contributed by atoms with Gasteiger partial charge < -0.3 is 10.1 Å². The van der Waals surface area contributed by atoms with Crippen molar-refractivity contribution in [1.29, 1.82) is 0 Å². The maximum Gasteiger partial charge on any atom is 0.241 e. The summed E-state index contributed by atoms with van der Waals surface area (Å²) in [6.45, 7) is 17.8. The summed E-state index contributed by atoms with van der Waals surface area (Å²) in [7, 11) is 0. The van der Waals surface area contributed by atoms with Crippen LogP contribution in [0.1, 0.15) is 36.5 Å². The van der Waals surface area contributed by atoms with Gasteiger partial charge >= 0.3 is 0 Å². The minimum Gasteiger partial charge on any atom is -0.492 e. The molecule has 0 spiro atoms. The number of nitrogens with one attached hydrogen (secondary N) is 1. The summed E-state index contributed by atoms with van der Waals surface area (Å²) in [4.78, 5) is 16.1. The molecule has 37 heavy (non-hydrogen) atoms. The molecule has 190 valence electrons. The molecule has 0 aliphatic carbocycles. The number of rotatable bonds is 9. The monoisotopic (exact) mass is 492 g/mol. The number of carbonyl (C=O) groups excluding carboxylic acids is 1. The zero-order valence-corrected chi connectivity index (χ0v) is 22.3. The Morgan fingerprint density at radius 2 is 1.62 bits per heavy atom. The molecule has 1 heterocycles. The number of hydrogen-bond donors (Lipinski definition) is 1. The van der Waals surface area contributed by atoms with Crippen LogP contribution in [-0.4, -0.2) is 19.1 Å². The average molecular weight is 493 g/mol. The Morgan fingerprint density at radius 3 is 2.27 bits per heavy atom. The summed E-state index contributed by atoms with van der Waals surface area (Å²) in [6, 6.07) is 26.2. The lowest BCUT2D eigenvalue weighted by atomic mass is 9.72. The van der Waals surface area contributed by atoms with Gasteiger partial charge in [0.15, 0.2) is 0 Å². The summed E-state index contributed by atoms with van der Waals surface area (Å²) in [5.74, 6) is 0.118. The number of para-hydroxylation sites is 1. The molecular formula is C33H36N2O2. The van der Waals surface area contributed by atoms with Gasteiger partial charge in [-0.05, 0) is 68.7 Å². The second-order valence-electron chi connectivity index (χ2n) is 9.77. The first-order valence-electron chi connectivity index (χ1n) is 12.7. The second kappa shape index (κ2) is 11.3. The Hall–Kier alpha value is -4.05. The summed E-state index contributed by atoms with van der Waals surface area (Å²) in [5, 5.41) is 3.40. The molecule has 4 heteroatoms. The van der Waals surface area contributed by atoms with Gasteiger partial charge in [0.2, 0.25) is 5.91 Å². The predicted octanol–water partition coefficient (Wildman–Crippen LogP) is 7.08. The first kappa shape index (κ1) is 26.0. The molecule has 0 bridgehead atoms. The van der Waals surface area contributed by atoms with E-state index >= 15 is 0 Å². The van der Waals surface area contributed by atoms with Crippen LogP contribution in [-0.2, 0) is 4.79 Å². The Kier molecular flexibility index (Phi) is 7.98. The highest BCUT2D eigenvalue weighted by Gasteiger charge is 2.43. The molecule has 1 N–H and O–H groups in total. The molecule has 0 saturated heterocycles. The summed E-state index contributed by atoms with van der Waals surface area (Å²) < 4.78 is 5.85. The Bertz CT molecular complexity index is 1320. The molecular weight excluding hydrogens is 456 g/mol. The molecule has 4 rings (SSSR count). The third-order valence-corrected chi connectivity index (χ3v) is 6.85. The highest BCUT2D eigenvalue weighted by Crippen LogP contribution is 2.46. The van der Waals surface area contributed by atoms with E-state index in [0.29, 0.717) is 18.8 Å². The highest BCUT2D eigenvalue weighted by molar-refractivity contribution is 6.02. The van der Waals surface area contributed by atoms with Crippen LogP contribution in [0.2, 0.25) is 0 Å². The van der Waals surface area contributed by atoms with E-state index in [2.05, 4.69) is 49.7 Å². The van der Waals surface area contributed by atoms with Crippen molar-refractivity contribution in [1.82, 2.24) is 5.32 Å². The smallest absolute Gasteiger partial charge is 0.241 e. The van der Waals surface area contributed by atoms with Crippen LogP contribution in [0.3, 0.4) is 0 Å². The standard InChI is InChI=1S/C33H36N2O2/c1-22(2)30-26(6)35(28-12-10-11-24(4)21-28)33(36)31(32(30)27-17-15-23(3)16-18-27)25(5)34-19-20-37-29-13-8-7-9-14-29/h7-18,21,31-32,34H,1,5,19-20H2,2-4,6H3. The van der Waals surface area contributed by atoms with Crippen LogP contribution in [0, 0.1) is 19.8 Å². The minimum absolute atomic E-state index is 0.000141. The lowest BCUT2D eigenvalue weighted by Crippen LogP contribution is -2.46. The molecule has 3 aromatic rings. The maximum absolute atomic E-state index is 14.3. The number of amides is 1. The number of benzene rings is 3. The molecule has 0 saturated carbocycles. The van der Waals surface area contributed by atoms with Crippen molar-refractivity contribution in [2.75, 3.05) is 18.1 Å². The van der Waals surface area contributed by atoms with Gasteiger partial charge in [0.25, 0.3) is 0 Å². The molecule has 0 fully saturated rings. The van der Waals surface area contributed by atoms with Crippen molar-refractivity contribution in [2.45, 2.75) is 33.6 Å². The fourth-order valence-electron chi connectivity index (χ4n) is 5.11.